The molecule has 2 nitrogen and oxygen atoms in total. The van der Waals surface area contributed by atoms with Gasteiger partial charge in [0.25, 0.3) is 0 Å². The van der Waals surface area contributed by atoms with E-state index in [1.165, 1.54) is 0 Å². The summed E-state index contributed by atoms with van der Waals surface area (Å²) in [5, 5.41) is 2.92. The number of amides is 1. The maximum Gasteiger partial charge on any atom is 0.247 e. The summed E-state index contributed by atoms with van der Waals surface area (Å²) >= 11 is 2.26. The van der Waals surface area contributed by atoms with Crippen LogP contribution in [0, 0.1) is 3.57 Å². The van der Waals surface area contributed by atoms with Crippen LogP contribution in [0.2, 0.25) is 0 Å². The molecule has 2 aromatic carbocycles. The minimum atomic E-state index is -0.0345. The minimum Gasteiger partial charge on any atom is -0.348 e. The van der Waals surface area contributed by atoms with Crippen LogP contribution in [0.25, 0.3) is 6.08 Å². The highest BCUT2D eigenvalue weighted by Gasteiger charge is 2.04. The first-order chi connectivity index (χ1) is 9.65. The topological polar surface area (TPSA) is 29.1 Å². The zero-order valence-corrected chi connectivity index (χ0v) is 13.4. The summed E-state index contributed by atoms with van der Waals surface area (Å²) in [6.07, 6.45) is 1.91. The van der Waals surface area contributed by atoms with E-state index in [1.54, 1.807) is 0 Å². The SMILES string of the molecule is C/C(=C\c1cccc(I)c1)C(=O)NCc1ccccc1. The largest absolute Gasteiger partial charge is 0.348 e. The maximum absolute atomic E-state index is 12.0. The van der Waals surface area contributed by atoms with E-state index in [9.17, 15) is 4.79 Å². The molecule has 2 rings (SSSR count). The standard InChI is InChI=1S/C17H16INO/c1-13(10-15-8-5-9-16(18)11-15)17(20)19-12-14-6-3-2-4-7-14/h2-11H,12H2,1H3,(H,19,20)/b13-10+. The molecule has 0 heterocycles. The van der Waals surface area contributed by atoms with Crippen LogP contribution in [-0.2, 0) is 11.3 Å². The predicted molar refractivity (Wildman–Crippen MR) is 91.1 cm³/mol. The molecule has 0 aliphatic rings. The summed E-state index contributed by atoms with van der Waals surface area (Å²) < 4.78 is 1.16. The summed E-state index contributed by atoms with van der Waals surface area (Å²) in [6, 6.07) is 18.0. The van der Waals surface area contributed by atoms with Crippen molar-refractivity contribution in [3.05, 3.63) is 74.9 Å². The van der Waals surface area contributed by atoms with Gasteiger partial charge < -0.3 is 5.32 Å². The van der Waals surface area contributed by atoms with E-state index >= 15 is 0 Å². The third kappa shape index (κ3) is 4.49. The van der Waals surface area contributed by atoms with Gasteiger partial charge in [-0.3, -0.25) is 4.79 Å². The molecule has 0 fully saturated rings. The lowest BCUT2D eigenvalue weighted by Crippen LogP contribution is -2.23. The van der Waals surface area contributed by atoms with Crippen LogP contribution in [0.1, 0.15) is 18.1 Å². The normalized spacial score (nSPS) is 11.2. The molecule has 0 aromatic heterocycles. The van der Waals surface area contributed by atoms with Crippen LogP contribution >= 0.6 is 22.6 Å². The number of rotatable bonds is 4. The second-order valence-electron chi connectivity index (χ2n) is 4.55. The quantitative estimate of drug-likeness (QED) is 0.633. The number of carbonyl (C=O) groups excluding carboxylic acids is 1. The van der Waals surface area contributed by atoms with Gasteiger partial charge in [-0.15, -0.1) is 0 Å². The Kier molecular flexibility index (Phi) is 5.35. The Balaban J connectivity index is 1.98. The molecule has 3 heteroatoms. The summed E-state index contributed by atoms with van der Waals surface area (Å²) in [6.45, 7) is 2.39. The zero-order chi connectivity index (χ0) is 14.4. The van der Waals surface area contributed by atoms with Gasteiger partial charge in [-0.2, -0.15) is 0 Å². The molecule has 1 N–H and O–H groups in total. The predicted octanol–water partition coefficient (Wildman–Crippen LogP) is 4.01. The van der Waals surface area contributed by atoms with E-state index in [1.807, 2.05) is 61.5 Å². The van der Waals surface area contributed by atoms with Crippen molar-refractivity contribution >= 4 is 34.6 Å². The number of nitrogens with one attached hydrogen (secondary N) is 1. The molecule has 0 bridgehead atoms. The van der Waals surface area contributed by atoms with E-state index in [0.29, 0.717) is 12.1 Å². The number of halogens is 1. The van der Waals surface area contributed by atoms with Crippen molar-refractivity contribution in [1.29, 1.82) is 0 Å². The van der Waals surface area contributed by atoms with Gasteiger partial charge in [-0.25, -0.2) is 0 Å². The monoisotopic (exact) mass is 377 g/mol. The van der Waals surface area contributed by atoms with Crippen molar-refractivity contribution in [3.63, 3.8) is 0 Å². The molecule has 0 aliphatic carbocycles. The van der Waals surface area contributed by atoms with Gasteiger partial charge in [-0.1, -0.05) is 42.5 Å². The lowest BCUT2D eigenvalue weighted by atomic mass is 10.1. The Morgan fingerprint density at radius 1 is 1.15 bits per heavy atom. The van der Waals surface area contributed by atoms with E-state index in [0.717, 1.165) is 14.7 Å². The number of hydrogen-bond donors (Lipinski definition) is 1. The fourth-order valence-corrected chi connectivity index (χ4v) is 2.40. The van der Waals surface area contributed by atoms with Crippen LogP contribution in [0.15, 0.2) is 60.2 Å². The van der Waals surface area contributed by atoms with Crippen molar-refractivity contribution in [2.24, 2.45) is 0 Å². The summed E-state index contributed by atoms with van der Waals surface area (Å²) in [5.41, 5.74) is 2.86. The highest BCUT2D eigenvalue weighted by atomic mass is 127. The lowest BCUT2D eigenvalue weighted by Gasteiger charge is -2.06. The molecule has 1 amide bonds. The molecule has 0 atom stereocenters. The molecular formula is C17H16INO. The zero-order valence-electron chi connectivity index (χ0n) is 11.3. The summed E-state index contributed by atoms with van der Waals surface area (Å²) in [4.78, 5) is 12.0. The number of benzene rings is 2. The van der Waals surface area contributed by atoms with Crippen molar-refractivity contribution in [1.82, 2.24) is 5.32 Å². The third-order valence-corrected chi connectivity index (χ3v) is 3.56. The van der Waals surface area contributed by atoms with Crippen LogP contribution < -0.4 is 5.32 Å². The van der Waals surface area contributed by atoms with Gasteiger partial charge >= 0.3 is 0 Å². The Labute approximate surface area is 133 Å². The maximum atomic E-state index is 12.0. The van der Waals surface area contributed by atoms with E-state index in [2.05, 4.69) is 34.0 Å². The molecule has 2 aromatic rings. The molecule has 0 unspecified atom stereocenters. The van der Waals surface area contributed by atoms with E-state index in [-0.39, 0.29) is 5.91 Å². The number of carbonyl (C=O) groups is 1. The van der Waals surface area contributed by atoms with Crippen LogP contribution in [0.5, 0.6) is 0 Å². The molecule has 102 valence electrons. The minimum absolute atomic E-state index is 0.0345. The van der Waals surface area contributed by atoms with E-state index in [4.69, 9.17) is 0 Å². The Bertz CT molecular complexity index is 620. The molecule has 0 aliphatic heterocycles. The highest BCUT2D eigenvalue weighted by molar-refractivity contribution is 14.1. The highest BCUT2D eigenvalue weighted by Crippen LogP contribution is 2.11. The fraction of sp³-hybridized carbons (Fsp3) is 0.118. The summed E-state index contributed by atoms with van der Waals surface area (Å²) in [5.74, 6) is -0.0345. The molecule has 0 saturated heterocycles. The summed E-state index contributed by atoms with van der Waals surface area (Å²) in [7, 11) is 0. The van der Waals surface area contributed by atoms with Crippen molar-refractivity contribution < 1.29 is 4.79 Å². The van der Waals surface area contributed by atoms with Crippen LogP contribution in [0.4, 0.5) is 0 Å². The molecule has 0 saturated carbocycles. The average molecular weight is 377 g/mol. The Morgan fingerprint density at radius 3 is 2.60 bits per heavy atom. The Morgan fingerprint density at radius 2 is 1.90 bits per heavy atom. The van der Waals surface area contributed by atoms with E-state index < -0.39 is 0 Å². The van der Waals surface area contributed by atoms with Gasteiger partial charge in [0.05, 0.1) is 0 Å². The first-order valence-electron chi connectivity index (χ1n) is 6.41. The fourth-order valence-electron chi connectivity index (χ4n) is 1.83. The second-order valence-corrected chi connectivity index (χ2v) is 5.80. The smallest absolute Gasteiger partial charge is 0.247 e. The molecular weight excluding hydrogens is 361 g/mol. The van der Waals surface area contributed by atoms with Gasteiger partial charge in [-0.05, 0) is 58.9 Å². The first kappa shape index (κ1) is 14.8. The van der Waals surface area contributed by atoms with Crippen molar-refractivity contribution in [3.8, 4) is 0 Å². The van der Waals surface area contributed by atoms with Gasteiger partial charge in [0.1, 0.15) is 0 Å². The van der Waals surface area contributed by atoms with Crippen LogP contribution in [-0.4, -0.2) is 5.91 Å². The van der Waals surface area contributed by atoms with Crippen molar-refractivity contribution in [2.45, 2.75) is 13.5 Å². The van der Waals surface area contributed by atoms with Crippen molar-refractivity contribution in [2.75, 3.05) is 0 Å². The lowest BCUT2D eigenvalue weighted by molar-refractivity contribution is -0.117. The number of hydrogen-bond acceptors (Lipinski definition) is 1. The van der Waals surface area contributed by atoms with Gasteiger partial charge in [0.15, 0.2) is 0 Å². The molecule has 0 spiro atoms. The van der Waals surface area contributed by atoms with Gasteiger partial charge in [0, 0.05) is 15.7 Å². The molecule has 20 heavy (non-hydrogen) atoms. The third-order valence-electron chi connectivity index (χ3n) is 2.89. The second kappa shape index (κ2) is 7.24. The first-order valence-corrected chi connectivity index (χ1v) is 7.49. The average Bonchev–Trinajstić information content (AvgIpc) is 2.46. The van der Waals surface area contributed by atoms with Gasteiger partial charge in [0.2, 0.25) is 5.91 Å². The molecule has 0 radical (unpaired) electrons. The Hall–Kier alpha value is -1.62. The van der Waals surface area contributed by atoms with Crippen LogP contribution in [0.3, 0.4) is 0 Å².